The summed E-state index contributed by atoms with van der Waals surface area (Å²) in [6.07, 6.45) is 1.90. The molecule has 0 aliphatic carbocycles. The molecule has 1 amide bonds. The van der Waals surface area contributed by atoms with Crippen molar-refractivity contribution >= 4 is 16.9 Å². The molecule has 1 aromatic heterocycles. The second-order valence-electron chi connectivity index (χ2n) is 8.99. The van der Waals surface area contributed by atoms with Crippen LogP contribution in [0.15, 0.2) is 51.7 Å². The number of carbonyl (C=O) groups is 1. The van der Waals surface area contributed by atoms with Gasteiger partial charge < -0.3 is 14.1 Å². The second kappa shape index (κ2) is 7.65. The molecule has 0 radical (unpaired) electrons. The van der Waals surface area contributed by atoms with E-state index in [-0.39, 0.29) is 23.2 Å². The highest BCUT2D eigenvalue weighted by atomic mass is 16.5. The smallest absolute Gasteiger partial charge is 0.291 e. The fourth-order valence-corrected chi connectivity index (χ4v) is 4.74. The van der Waals surface area contributed by atoms with E-state index in [9.17, 15) is 9.59 Å². The summed E-state index contributed by atoms with van der Waals surface area (Å²) in [7, 11) is 0. The Balaban J connectivity index is 1.68. The first kappa shape index (κ1) is 20.0. The molecule has 31 heavy (non-hydrogen) atoms. The Morgan fingerprint density at radius 2 is 1.87 bits per heavy atom. The van der Waals surface area contributed by atoms with Gasteiger partial charge in [-0.25, -0.2) is 0 Å². The van der Waals surface area contributed by atoms with Gasteiger partial charge >= 0.3 is 0 Å². The fourth-order valence-electron chi connectivity index (χ4n) is 4.74. The molecular weight excluding hydrogens is 390 g/mol. The molecular formula is C26H27NO4. The molecule has 1 saturated heterocycles. The summed E-state index contributed by atoms with van der Waals surface area (Å²) in [4.78, 5) is 28.8. The Bertz CT molecular complexity index is 1200. The molecule has 2 aliphatic rings. The molecule has 2 atom stereocenters. The van der Waals surface area contributed by atoms with Crippen molar-refractivity contribution < 1.29 is 13.9 Å². The van der Waals surface area contributed by atoms with Crippen LogP contribution in [0.3, 0.4) is 0 Å². The number of hydrogen-bond donors (Lipinski definition) is 0. The molecule has 1 fully saturated rings. The van der Waals surface area contributed by atoms with Crippen LogP contribution in [0.2, 0.25) is 0 Å². The summed E-state index contributed by atoms with van der Waals surface area (Å²) in [5, 5.41) is 0.523. The Hall–Kier alpha value is -2.92. The van der Waals surface area contributed by atoms with E-state index in [1.165, 1.54) is 5.56 Å². The Morgan fingerprint density at radius 1 is 1.10 bits per heavy atom. The van der Waals surface area contributed by atoms with Crippen molar-refractivity contribution in [1.82, 2.24) is 4.90 Å². The van der Waals surface area contributed by atoms with Gasteiger partial charge in [-0.15, -0.1) is 0 Å². The summed E-state index contributed by atoms with van der Waals surface area (Å²) in [6, 6.07) is 13.3. The third kappa shape index (κ3) is 3.37. The number of aryl methyl sites for hydroxylation is 1. The first-order valence-electron chi connectivity index (χ1n) is 11.0. The molecule has 5 heteroatoms. The van der Waals surface area contributed by atoms with Crippen molar-refractivity contribution in [1.29, 1.82) is 0 Å². The first-order valence-corrected chi connectivity index (χ1v) is 11.0. The van der Waals surface area contributed by atoms with Gasteiger partial charge in [0.15, 0.2) is 5.43 Å². The van der Waals surface area contributed by atoms with Crippen molar-refractivity contribution in [3.05, 3.63) is 80.7 Å². The Labute approximate surface area is 181 Å². The van der Waals surface area contributed by atoms with Gasteiger partial charge in [-0.05, 0) is 48.9 Å². The van der Waals surface area contributed by atoms with Gasteiger partial charge in [0.25, 0.3) is 5.91 Å². The standard InChI is InChI=1S/C26H27NO4/c1-15(2)17-7-9-18(10-8-17)23-22-24(28)20-13-16(3)6-11-21(20)31-25(22)26(29)27(23)14-19-5-4-12-30-19/h6-11,13,15,19,23H,4-5,12,14H2,1-3H3. The quantitative estimate of drug-likeness (QED) is 0.603. The zero-order chi connectivity index (χ0) is 21.7. The van der Waals surface area contributed by atoms with Gasteiger partial charge in [0.2, 0.25) is 5.76 Å². The van der Waals surface area contributed by atoms with Crippen molar-refractivity contribution in [2.24, 2.45) is 0 Å². The van der Waals surface area contributed by atoms with Crippen LogP contribution in [0.1, 0.15) is 71.5 Å². The van der Waals surface area contributed by atoms with E-state index >= 15 is 0 Å². The van der Waals surface area contributed by atoms with Crippen molar-refractivity contribution in [2.75, 3.05) is 13.2 Å². The summed E-state index contributed by atoms with van der Waals surface area (Å²) < 4.78 is 11.8. The van der Waals surface area contributed by atoms with Crippen LogP contribution < -0.4 is 5.43 Å². The lowest BCUT2D eigenvalue weighted by Gasteiger charge is -2.27. The average molecular weight is 418 g/mol. The summed E-state index contributed by atoms with van der Waals surface area (Å²) in [6.45, 7) is 7.41. The van der Waals surface area contributed by atoms with E-state index in [0.29, 0.717) is 35.6 Å². The largest absolute Gasteiger partial charge is 0.450 e. The van der Waals surface area contributed by atoms with Crippen LogP contribution in [0.4, 0.5) is 0 Å². The molecule has 2 aromatic carbocycles. The average Bonchev–Trinajstić information content (AvgIpc) is 3.36. The molecule has 2 unspecified atom stereocenters. The van der Waals surface area contributed by atoms with Crippen molar-refractivity contribution in [3.63, 3.8) is 0 Å². The van der Waals surface area contributed by atoms with Gasteiger partial charge in [0, 0.05) is 13.2 Å². The number of carbonyl (C=O) groups excluding carboxylic acids is 1. The molecule has 5 rings (SSSR count). The molecule has 3 heterocycles. The lowest BCUT2D eigenvalue weighted by molar-refractivity contribution is 0.0486. The molecule has 3 aromatic rings. The second-order valence-corrected chi connectivity index (χ2v) is 8.99. The molecule has 0 spiro atoms. The molecule has 0 bridgehead atoms. The molecule has 5 nitrogen and oxygen atoms in total. The van der Waals surface area contributed by atoms with Crippen molar-refractivity contribution in [2.45, 2.75) is 51.7 Å². The van der Waals surface area contributed by atoms with Crippen LogP contribution in [0.25, 0.3) is 11.0 Å². The van der Waals surface area contributed by atoms with Gasteiger partial charge in [0.1, 0.15) is 5.58 Å². The van der Waals surface area contributed by atoms with Gasteiger partial charge in [0.05, 0.1) is 23.1 Å². The minimum absolute atomic E-state index is 0.0116. The maximum Gasteiger partial charge on any atom is 0.291 e. The zero-order valence-corrected chi connectivity index (χ0v) is 18.2. The summed E-state index contributed by atoms with van der Waals surface area (Å²) in [5.41, 5.74) is 3.90. The highest BCUT2D eigenvalue weighted by Crippen LogP contribution is 2.39. The monoisotopic (exact) mass is 417 g/mol. The van der Waals surface area contributed by atoms with Gasteiger partial charge in [-0.2, -0.15) is 0 Å². The number of nitrogens with zero attached hydrogens (tertiary/aromatic N) is 1. The normalized spacial score (nSPS) is 20.8. The van der Waals surface area contributed by atoms with Gasteiger partial charge in [-0.3, -0.25) is 9.59 Å². The number of fused-ring (bicyclic) bond motifs is 2. The van der Waals surface area contributed by atoms with E-state index in [4.69, 9.17) is 9.15 Å². The van der Waals surface area contributed by atoms with Gasteiger partial charge in [-0.1, -0.05) is 49.7 Å². The van der Waals surface area contributed by atoms with Crippen LogP contribution in [-0.4, -0.2) is 30.1 Å². The molecule has 2 aliphatic heterocycles. The lowest BCUT2D eigenvalue weighted by atomic mass is 9.95. The van der Waals surface area contributed by atoms with Crippen LogP contribution >= 0.6 is 0 Å². The third-order valence-electron chi connectivity index (χ3n) is 6.46. The number of amides is 1. The van der Waals surface area contributed by atoms with Crippen molar-refractivity contribution in [3.8, 4) is 0 Å². The Morgan fingerprint density at radius 3 is 2.55 bits per heavy atom. The zero-order valence-electron chi connectivity index (χ0n) is 18.2. The van der Waals surface area contributed by atoms with Crippen LogP contribution in [0, 0.1) is 6.92 Å². The lowest BCUT2D eigenvalue weighted by Crippen LogP contribution is -2.36. The SMILES string of the molecule is Cc1ccc2oc3c(c(=O)c2c1)C(c1ccc(C(C)C)cc1)N(CC1CCCO1)C3=O. The maximum absolute atomic E-state index is 13.6. The molecule has 0 saturated carbocycles. The Kier molecular flexibility index (Phi) is 4.94. The number of benzene rings is 2. The van der Waals surface area contributed by atoms with E-state index in [1.54, 1.807) is 11.0 Å². The first-order chi connectivity index (χ1) is 14.9. The predicted octanol–water partition coefficient (Wildman–Crippen LogP) is 4.95. The summed E-state index contributed by atoms with van der Waals surface area (Å²) >= 11 is 0. The van der Waals surface area contributed by atoms with E-state index in [0.717, 1.165) is 24.0 Å². The predicted molar refractivity (Wildman–Crippen MR) is 120 cm³/mol. The fraction of sp³-hybridized carbons (Fsp3) is 0.385. The highest BCUT2D eigenvalue weighted by Gasteiger charge is 2.43. The number of hydrogen-bond acceptors (Lipinski definition) is 4. The van der Waals surface area contributed by atoms with Crippen LogP contribution in [0.5, 0.6) is 0 Å². The minimum Gasteiger partial charge on any atom is -0.450 e. The van der Waals surface area contributed by atoms with E-state index in [2.05, 4.69) is 26.0 Å². The number of ether oxygens (including phenoxy) is 1. The van der Waals surface area contributed by atoms with E-state index in [1.807, 2.05) is 31.2 Å². The maximum atomic E-state index is 13.6. The van der Waals surface area contributed by atoms with Crippen LogP contribution in [-0.2, 0) is 4.74 Å². The summed E-state index contributed by atoms with van der Waals surface area (Å²) in [5.74, 6) is 0.340. The highest BCUT2D eigenvalue weighted by molar-refractivity contribution is 5.99. The minimum atomic E-state index is -0.464. The third-order valence-corrected chi connectivity index (χ3v) is 6.46. The number of rotatable bonds is 4. The molecule has 160 valence electrons. The molecule has 0 N–H and O–H groups in total. The van der Waals surface area contributed by atoms with E-state index < -0.39 is 6.04 Å². The topological polar surface area (TPSA) is 59.8 Å².